The summed E-state index contributed by atoms with van der Waals surface area (Å²) in [5.74, 6) is -2.48. The first-order valence-corrected chi connectivity index (χ1v) is 7.14. The molecule has 0 aliphatic heterocycles. The summed E-state index contributed by atoms with van der Waals surface area (Å²) >= 11 is 0. The lowest BCUT2D eigenvalue weighted by Gasteiger charge is -2.12. The molecule has 0 aliphatic rings. The molecule has 1 atom stereocenters. The van der Waals surface area contributed by atoms with Crippen LogP contribution in [0.4, 0.5) is 8.78 Å². The fourth-order valence-corrected chi connectivity index (χ4v) is 1.91. The van der Waals surface area contributed by atoms with E-state index in [-0.39, 0.29) is 17.9 Å². The first kappa shape index (κ1) is 17.4. The Bertz CT molecular complexity index is 765. The van der Waals surface area contributed by atoms with Crippen molar-refractivity contribution >= 4 is 11.8 Å². The van der Waals surface area contributed by atoms with Gasteiger partial charge in [0.05, 0.1) is 5.56 Å². The lowest BCUT2D eigenvalue weighted by Crippen LogP contribution is -2.42. The van der Waals surface area contributed by atoms with Crippen molar-refractivity contribution in [3.63, 3.8) is 0 Å². The van der Waals surface area contributed by atoms with Gasteiger partial charge in [-0.05, 0) is 36.8 Å². The number of rotatable bonds is 6. The molecule has 24 heavy (non-hydrogen) atoms. The molecule has 3 N–H and O–H groups in total. The molecule has 0 fully saturated rings. The Hall–Kier alpha value is -2.96. The van der Waals surface area contributed by atoms with E-state index in [2.05, 4.69) is 5.32 Å². The minimum Gasteiger partial charge on any atom is -0.489 e. The van der Waals surface area contributed by atoms with Crippen molar-refractivity contribution in [3.05, 3.63) is 65.2 Å². The summed E-state index contributed by atoms with van der Waals surface area (Å²) in [5, 5.41) is 2.28. The van der Waals surface area contributed by atoms with Crippen molar-refractivity contribution in [3.8, 4) is 5.75 Å². The van der Waals surface area contributed by atoms with Gasteiger partial charge in [-0.3, -0.25) is 9.59 Å². The second kappa shape index (κ2) is 7.54. The van der Waals surface area contributed by atoms with Crippen molar-refractivity contribution in [2.45, 2.75) is 19.6 Å². The molecule has 0 radical (unpaired) electrons. The maximum absolute atomic E-state index is 14.0. The standard InChI is InChI=1S/C17H16F2N2O3/c1-10(16(20)22)21-17(23)14-6-5-13(8-15(14)19)24-9-11-3-2-4-12(18)7-11/h2-8,10H,9H2,1H3,(H2,20,22)(H,21,23)/t10-/m1/s1. The predicted molar refractivity (Wildman–Crippen MR) is 83.3 cm³/mol. The molecule has 0 saturated heterocycles. The van der Waals surface area contributed by atoms with Crippen LogP contribution in [0.3, 0.4) is 0 Å². The fraction of sp³-hybridized carbons (Fsp3) is 0.176. The molecule has 2 aromatic carbocycles. The third-order valence-electron chi connectivity index (χ3n) is 3.25. The Balaban J connectivity index is 2.03. The monoisotopic (exact) mass is 334 g/mol. The van der Waals surface area contributed by atoms with E-state index in [0.29, 0.717) is 5.56 Å². The average molecular weight is 334 g/mol. The highest BCUT2D eigenvalue weighted by molar-refractivity contribution is 5.97. The van der Waals surface area contributed by atoms with Crippen LogP contribution in [-0.4, -0.2) is 17.9 Å². The Morgan fingerprint density at radius 2 is 1.96 bits per heavy atom. The molecule has 126 valence electrons. The highest BCUT2D eigenvalue weighted by Gasteiger charge is 2.17. The molecule has 2 aromatic rings. The normalized spacial score (nSPS) is 11.6. The quantitative estimate of drug-likeness (QED) is 0.849. The van der Waals surface area contributed by atoms with Gasteiger partial charge in [-0.1, -0.05) is 12.1 Å². The van der Waals surface area contributed by atoms with Crippen molar-refractivity contribution < 1.29 is 23.1 Å². The number of ether oxygens (including phenoxy) is 1. The van der Waals surface area contributed by atoms with Gasteiger partial charge < -0.3 is 15.8 Å². The van der Waals surface area contributed by atoms with Crippen LogP contribution >= 0.6 is 0 Å². The second-order valence-electron chi connectivity index (χ2n) is 5.16. The Labute approximate surface area is 137 Å². The molecule has 5 nitrogen and oxygen atoms in total. The third-order valence-corrected chi connectivity index (χ3v) is 3.25. The van der Waals surface area contributed by atoms with Gasteiger partial charge in [-0.15, -0.1) is 0 Å². The maximum atomic E-state index is 14.0. The van der Waals surface area contributed by atoms with E-state index in [0.717, 1.165) is 6.07 Å². The number of amides is 2. The van der Waals surface area contributed by atoms with Gasteiger partial charge in [0.15, 0.2) is 0 Å². The average Bonchev–Trinajstić information content (AvgIpc) is 2.52. The molecule has 0 heterocycles. The van der Waals surface area contributed by atoms with Crippen molar-refractivity contribution in [1.29, 1.82) is 0 Å². The predicted octanol–water partition coefficient (Wildman–Crippen LogP) is 2.15. The summed E-state index contributed by atoms with van der Waals surface area (Å²) in [6, 6.07) is 8.61. The molecular formula is C17H16F2N2O3. The smallest absolute Gasteiger partial charge is 0.254 e. The topological polar surface area (TPSA) is 81.4 Å². The number of hydrogen-bond donors (Lipinski definition) is 2. The van der Waals surface area contributed by atoms with E-state index >= 15 is 0 Å². The maximum Gasteiger partial charge on any atom is 0.254 e. The van der Waals surface area contributed by atoms with Crippen molar-refractivity contribution in [2.24, 2.45) is 5.73 Å². The van der Waals surface area contributed by atoms with Gasteiger partial charge >= 0.3 is 0 Å². The van der Waals surface area contributed by atoms with Crippen LogP contribution < -0.4 is 15.8 Å². The number of primary amides is 1. The molecular weight excluding hydrogens is 318 g/mol. The highest BCUT2D eigenvalue weighted by atomic mass is 19.1. The van der Waals surface area contributed by atoms with Crippen LogP contribution in [0.1, 0.15) is 22.8 Å². The molecule has 7 heteroatoms. The molecule has 0 saturated carbocycles. The minimum atomic E-state index is -0.916. The zero-order valence-corrected chi connectivity index (χ0v) is 12.9. The van der Waals surface area contributed by atoms with Crippen LogP contribution in [-0.2, 0) is 11.4 Å². The lowest BCUT2D eigenvalue weighted by atomic mass is 10.1. The summed E-state index contributed by atoms with van der Waals surface area (Å²) < 4.78 is 32.5. The van der Waals surface area contributed by atoms with Gasteiger partial charge in [0.1, 0.15) is 30.0 Å². The summed E-state index contributed by atoms with van der Waals surface area (Å²) in [6.07, 6.45) is 0. The van der Waals surface area contributed by atoms with Crippen LogP contribution in [0, 0.1) is 11.6 Å². The van der Waals surface area contributed by atoms with Gasteiger partial charge in [-0.2, -0.15) is 0 Å². The second-order valence-corrected chi connectivity index (χ2v) is 5.16. The first-order valence-electron chi connectivity index (χ1n) is 7.14. The molecule has 0 aromatic heterocycles. The molecule has 2 rings (SSSR count). The largest absolute Gasteiger partial charge is 0.489 e. The van der Waals surface area contributed by atoms with Gasteiger partial charge in [0.25, 0.3) is 5.91 Å². The van der Waals surface area contributed by atoms with Gasteiger partial charge in [0.2, 0.25) is 5.91 Å². The highest BCUT2D eigenvalue weighted by Crippen LogP contribution is 2.18. The molecule has 2 amide bonds. The first-order chi connectivity index (χ1) is 11.4. The van der Waals surface area contributed by atoms with Crippen LogP contribution in [0.2, 0.25) is 0 Å². The van der Waals surface area contributed by atoms with Crippen molar-refractivity contribution in [1.82, 2.24) is 5.32 Å². The number of carbonyl (C=O) groups is 2. The number of hydrogen-bond acceptors (Lipinski definition) is 3. The van der Waals surface area contributed by atoms with Crippen LogP contribution in [0.25, 0.3) is 0 Å². The third kappa shape index (κ3) is 4.52. The van der Waals surface area contributed by atoms with Gasteiger partial charge in [0, 0.05) is 6.07 Å². The number of benzene rings is 2. The Morgan fingerprint density at radius 3 is 2.58 bits per heavy atom. The van der Waals surface area contributed by atoms with E-state index < -0.39 is 29.5 Å². The molecule has 0 bridgehead atoms. The Morgan fingerprint density at radius 1 is 1.21 bits per heavy atom. The van der Waals surface area contributed by atoms with Crippen LogP contribution in [0.5, 0.6) is 5.75 Å². The summed E-state index contributed by atoms with van der Waals surface area (Å²) in [6.45, 7) is 1.45. The minimum absolute atomic E-state index is 0.0570. The lowest BCUT2D eigenvalue weighted by molar-refractivity contribution is -0.119. The summed E-state index contributed by atoms with van der Waals surface area (Å²) in [5.41, 5.74) is 5.39. The number of nitrogens with two attached hydrogens (primary N) is 1. The van der Waals surface area contributed by atoms with Gasteiger partial charge in [-0.25, -0.2) is 8.78 Å². The molecule has 0 unspecified atom stereocenters. The Kier molecular flexibility index (Phi) is 5.47. The number of carbonyl (C=O) groups excluding carboxylic acids is 2. The SMILES string of the molecule is C[C@@H](NC(=O)c1ccc(OCc2cccc(F)c2)cc1F)C(N)=O. The number of halogens is 2. The van der Waals surface area contributed by atoms with E-state index in [1.165, 1.54) is 31.2 Å². The zero-order chi connectivity index (χ0) is 17.7. The summed E-state index contributed by atoms with van der Waals surface area (Å²) in [7, 11) is 0. The fourth-order valence-electron chi connectivity index (χ4n) is 1.91. The molecule has 0 aliphatic carbocycles. The molecule has 0 spiro atoms. The summed E-state index contributed by atoms with van der Waals surface area (Å²) in [4.78, 5) is 22.8. The van der Waals surface area contributed by atoms with Crippen molar-refractivity contribution in [2.75, 3.05) is 0 Å². The zero-order valence-electron chi connectivity index (χ0n) is 12.9. The van der Waals surface area contributed by atoms with E-state index in [4.69, 9.17) is 10.5 Å². The van der Waals surface area contributed by atoms with Crippen LogP contribution in [0.15, 0.2) is 42.5 Å². The number of nitrogens with one attached hydrogen (secondary N) is 1. The van der Waals surface area contributed by atoms with E-state index in [1.54, 1.807) is 12.1 Å². The van der Waals surface area contributed by atoms with E-state index in [9.17, 15) is 18.4 Å². The van der Waals surface area contributed by atoms with E-state index in [1.807, 2.05) is 0 Å².